The minimum atomic E-state index is -4.02. The quantitative estimate of drug-likeness (QED) is 0.248. The maximum Gasteiger partial charge on any atom is 0.412 e. The molecule has 0 N–H and O–H groups in total. The first-order valence-corrected chi connectivity index (χ1v) is 19.3. The highest BCUT2D eigenvalue weighted by atomic mass is 32.2. The van der Waals surface area contributed by atoms with Gasteiger partial charge in [0.05, 0.1) is 41.9 Å². The van der Waals surface area contributed by atoms with Crippen LogP contribution in [-0.4, -0.2) is 98.5 Å². The molecule has 3 saturated heterocycles. The van der Waals surface area contributed by atoms with Gasteiger partial charge >= 0.3 is 6.09 Å². The van der Waals surface area contributed by atoms with E-state index in [1.165, 1.54) is 16.4 Å². The second kappa shape index (κ2) is 15.2. The highest BCUT2D eigenvalue weighted by molar-refractivity contribution is 7.89. The van der Waals surface area contributed by atoms with E-state index < -0.39 is 40.1 Å². The SMILES string of the molecule is CC(C)CN(C[C@H]1OC(C)(C)N(C(=O)O[C@H]2CO[C@H]3OCC[C@H]32)[C@H]1Cc1ccc(OCc2ccccn2)cc1)S(=O)(=O)c1ccc2c(c1)OCCO2. The Morgan fingerprint density at radius 2 is 1.81 bits per heavy atom. The monoisotopic (exact) mass is 737 g/mol. The molecular weight excluding hydrogens is 690 g/mol. The molecule has 5 atom stereocenters. The van der Waals surface area contributed by atoms with Crippen LogP contribution < -0.4 is 14.2 Å². The summed E-state index contributed by atoms with van der Waals surface area (Å²) in [7, 11) is -4.02. The summed E-state index contributed by atoms with van der Waals surface area (Å²) in [5.41, 5.74) is 0.611. The van der Waals surface area contributed by atoms with E-state index in [0.29, 0.717) is 50.1 Å². The van der Waals surface area contributed by atoms with Crippen LogP contribution in [0.1, 0.15) is 45.4 Å². The van der Waals surface area contributed by atoms with Crippen LogP contribution in [0, 0.1) is 11.8 Å². The summed E-state index contributed by atoms with van der Waals surface area (Å²) in [6.45, 7) is 9.66. The molecule has 52 heavy (non-hydrogen) atoms. The zero-order chi connectivity index (χ0) is 36.5. The molecule has 280 valence electrons. The molecule has 0 saturated carbocycles. The van der Waals surface area contributed by atoms with E-state index in [9.17, 15) is 13.2 Å². The molecule has 2 aromatic carbocycles. The molecule has 0 radical (unpaired) electrons. The number of hydrogen-bond donors (Lipinski definition) is 0. The molecule has 0 aliphatic carbocycles. The third-order valence-corrected chi connectivity index (χ3v) is 11.6. The summed E-state index contributed by atoms with van der Waals surface area (Å²) in [6, 6.07) is 17.4. The van der Waals surface area contributed by atoms with Gasteiger partial charge in [-0.1, -0.05) is 32.0 Å². The van der Waals surface area contributed by atoms with Gasteiger partial charge in [-0.05, 0) is 74.6 Å². The van der Waals surface area contributed by atoms with Crippen LogP contribution in [0.25, 0.3) is 0 Å². The van der Waals surface area contributed by atoms with Gasteiger partial charge in [-0.25, -0.2) is 13.2 Å². The molecule has 4 aliphatic heterocycles. The van der Waals surface area contributed by atoms with Crippen molar-refractivity contribution < 1.29 is 46.4 Å². The molecule has 1 amide bonds. The molecular formula is C38H47N3O10S. The fourth-order valence-electron chi connectivity index (χ4n) is 7.36. The van der Waals surface area contributed by atoms with Gasteiger partial charge in [0.15, 0.2) is 17.8 Å². The number of fused-ring (bicyclic) bond motifs is 2. The average Bonchev–Trinajstić information content (AvgIpc) is 3.81. The Kier molecular flexibility index (Phi) is 10.6. The van der Waals surface area contributed by atoms with E-state index >= 15 is 0 Å². The molecule has 13 nitrogen and oxygen atoms in total. The number of sulfonamides is 1. The molecule has 14 heteroatoms. The normalized spacial score (nSPS) is 25.0. The van der Waals surface area contributed by atoms with Gasteiger partial charge in [-0.3, -0.25) is 9.88 Å². The minimum absolute atomic E-state index is 0.00316. The highest BCUT2D eigenvalue weighted by Crippen LogP contribution is 2.39. The van der Waals surface area contributed by atoms with Crippen molar-refractivity contribution in [3.63, 3.8) is 0 Å². The molecule has 5 heterocycles. The number of benzene rings is 2. The number of carbonyl (C=O) groups is 1. The van der Waals surface area contributed by atoms with Crippen molar-refractivity contribution in [3.05, 3.63) is 78.1 Å². The lowest BCUT2D eigenvalue weighted by Gasteiger charge is -2.34. The summed E-state index contributed by atoms with van der Waals surface area (Å²) < 4.78 is 71.6. The van der Waals surface area contributed by atoms with Crippen molar-refractivity contribution in [2.24, 2.45) is 11.8 Å². The Hall–Kier alpha value is -3.95. The lowest BCUT2D eigenvalue weighted by molar-refractivity contribution is -0.0911. The number of carbonyl (C=O) groups excluding carboxylic acids is 1. The third-order valence-electron chi connectivity index (χ3n) is 9.80. The van der Waals surface area contributed by atoms with Gasteiger partial charge in [0, 0.05) is 25.4 Å². The molecule has 4 aliphatic rings. The van der Waals surface area contributed by atoms with Crippen LogP contribution in [0.15, 0.2) is 71.8 Å². The highest BCUT2D eigenvalue weighted by Gasteiger charge is 2.53. The van der Waals surface area contributed by atoms with E-state index in [1.54, 1.807) is 17.2 Å². The topological polar surface area (TPSA) is 135 Å². The summed E-state index contributed by atoms with van der Waals surface area (Å²) >= 11 is 0. The molecule has 1 aromatic heterocycles. The molecule has 0 unspecified atom stereocenters. The van der Waals surface area contributed by atoms with E-state index in [4.69, 9.17) is 33.2 Å². The zero-order valence-electron chi connectivity index (χ0n) is 30.0. The van der Waals surface area contributed by atoms with E-state index in [-0.39, 0.29) is 42.7 Å². The Bertz CT molecular complexity index is 1810. The Labute approximate surface area is 305 Å². The zero-order valence-corrected chi connectivity index (χ0v) is 30.8. The molecule has 0 bridgehead atoms. The van der Waals surface area contributed by atoms with Crippen molar-refractivity contribution in [3.8, 4) is 17.2 Å². The van der Waals surface area contributed by atoms with Gasteiger partial charge in [-0.15, -0.1) is 0 Å². The van der Waals surface area contributed by atoms with Crippen LogP contribution in [0.3, 0.4) is 0 Å². The van der Waals surface area contributed by atoms with E-state index in [1.807, 2.05) is 70.2 Å². The number of hydrogen-bond acceptors (Lipinski definition) is 11. The summed E-state index contributed by atoms with van der Waals surface area (Å²) in [5.74, 6) is 1.53. The number of rotatable bonds is 12. The molecule has 3 aromatic rings. The van der Waals surface area contributed by atoms with Crippen LogP contribution >= 0.6 is 0 Å². The Balaban J connectivity index is 1.16. The summed E-state index contributed by atoms with van der Waals surface area (Å²) in [5, 5.41) is 0. The summed E-state index contributed by atoms with van der Waals surface area (Å²) in [6.07, 6.45) is 0.765. The van der Waals surface area contributed by atoms with Gasteiger partial charge in [0.1, 0.15) is 37.4 Å². The number of amides is 1. The number of nitrogens with zero attached hydrogens (tertiary/aromatic N) is 3. The van der Waals surface area contributed by atoms with Crippen LogP contribution in [-0.2, 0) is 42.0 Å². The molecule has 3 fully saturated rings. The van der Waals surface area contributed by atoms with Crippen molar-refractivity contribution in [2.75, 3.05) is 39.5 Å². The van der Waals surface area contributed by atoms with Gasteiger partial charge < -0.3 is 33.2 Å². The predicted octanol–water partition coefficient (Wildman–Crippen LogP) is 5.02. The largest absolute Gasteiger partial charge is 0.487 e. The van der Waals surface area contributed by atoms with Crippen molar-refractivity contribution in [1.82, 2.24) is 14.2 Å². The molecule has 0 spiro atoms. The maximum atomic E-state index is 14.3. The van der Waals surface area contributed by atoms with Crippen LogP contribution in [0.4, 0.5) is 4.79 Å². The maximum absolute atomic E-state index is 14.3. The lowest BCUT2D eigenvalue weighted by Crippen LogP contribution is -2.51. The number of ether oxygens (including phenoxy) is 7. The first-order chi connectivity index (χ1) is 25.0. The van der Waals surface area contributed by atoms with Crippen LogP contribution in [0.2, 0.25) is 0 Å². The lowest BCUT2D eigenvalue weighted by atomic mass is 9.99. The van der Waals surface area contributed by atoms with Crippen molar-refractivity contribution in [1.29, 1.82) is 0 Å². The Morgan fingerprint density at radius 1 is 1.02 bits per heavy atom. The summed E-state index contributed by atoms with van der Waals surface area (Å²) in [4.78, 5) is 20.2. The van der Waals surface area contributed by atoms with Crippen molar-refractivity contribution in [2.45, 2.75) is 82.3 Å². The van der Waals surface area contributed by atoms with Gasteiger partial charge in [-0.2, -0.15) is 4.31 Å². The van der Waals surface area contributed by atoms with Gasteiger partial charge in [0.2, 0.25) is 10.0 Å². The smallest absolute Gasteiger partial charge is 0.412 e. The molecule has 7 rings (SSSR count). The van der Waals surface area contributed by atoms with Crippen LogP contribution in [0.5, 0.6) is 17.2 Å². The van der Waals surface area contributed by atoms with Crippen molar-refractivity contribution >= 4 is 16.1 Å². The fourth-order valence-corrected chi connectivity index (χ4v) is 8.99. The Morgan fingerprint density at radius 3 is 2.56 bits per heavy atom. The number of aromatic nitrogens is 1. The standard InChI is InChI=1S/C38H47N3O10S/c1-25(2)21-40(52(43,44)29-12-13-32-33(20-29)46-18-17-45-32)22-34-31(19-26-8-10-28(11-9-26)48-23-27-7-5-6-15-39-27)41(38(3,4)51-34)37(42)50-35-24-49-36-30(35)14-16-47-36/h5-13,15,20,25,30-31,34-36H,14,16-19,21-24H2,1-4H3/t30-,31-,34+,35-,36+/m0/s1. The second-order valence-corrected chi connectivity index (χ2v) is 16.4. The van der Waals surface area contributed by atoms with Gasteiger partial charge in [0.25, 0.3) is 0 Å². The second-order valence-electron chi connectivity index (χ2n) is 14.5. The fraction of sp³-hybridized carbons (Fsp3) is 0.526. The first-order valence-electron chi connectivity index (χ1n) is 17.9. The third kappa shape index (κ3) is 7.86. The van der Waals surface area contributed by atoms with E-state index in [0.717, 1.165) is 17.7 Å². The number of pyridine rings is 1. The minimum Gasteiger partial charge on any atom is -0.487 e. The van der Waals surface area contributed by atoms with E-state index in [2.05, 4.69) is 4.98 Å². The predicted molar refractivity (Wildman–Crippen MR) is 188 cm³/mol. The average molecular weight is 738 g/mol. The first kappa shape index (κ1) is 36.4.